The molecule has 11 nitrogen and oxygen atoms in total. The van der Waals surface area contributed by atoms with Crippen molar-refractivity contribution in [2.45, 2.75) is 45.6 Å². The molecule has 39 heavy (non-hydrogen) atoms. The second-order valence-electron chi connectivity index (χ2n) is 10.2. The number of carbonyl (C=O) groups is 3. The van der Waals surface area contributed by atoms with Gasteiger partial charge in [0.05, 0.1) is 20.2 Å². The molecule has 0 radical (unpaired) electrons. The van der Waals surface area contributed by atoms with Gasteiger partial charge in [0.15, 0.2) is 11.5 Å². The largest absolute Gasteiger partial charge is 0.497 e. The number of rotatable bonds is 7. The van der Waals surface area contributed by atoms with Gasteiger partial charge >= 0.3 is 6.03 Å². The van der Waals surface area contributed by atoms with E-state index in [1.54, 1.807) is 34.0 Å². The van der Waals surface area contributed by atoms with Crippen molar-refractivity contribution in [2.75, 3.05) is 34.0 Å². The number of amides is 4. The van der Waals surface area contributed by atoms with Gasteiger partial charge in [-0.2, -0.15) is 0 Å². The van der Waals surface area contributed by atoms with Gasteiger partial charge in [0.25, 0.3) is 0 Å². The Kier molecular flexibility index (Phi) is 7.51. The van der Waals surface area contributed by atoms with Crippen molar-refractivity contribution in [1.82, 2.24) is 25.1 Å². The average molecular weight is 538 g/mol. The molecule has 11 heteroatoms. The number of ether oxygens (including phenoxy) is 3. The highest BCUT2D eigenvalue weighted by Crippen LogP contribution is 2.35. The first-order valence-corrected chi connectivity index (χ1v) is 13.2. The van der Waals surface area contributed by atoms with Gasteiger partial charge in [0.2, 0.25) is 18.6 Å². The minimum absolute atomic E-state index is 0.00876. The molecule has 0 spiro atoms. The molecule has 3 atom stereocenters. The molecule has 3 aliphatic heterocycles. The van der Waals surface area contributed by atoms with Crippen LogP contribution in [0, 0.1) is 5.92 Å². The number of hydrazine groups is 1. The number of piperazine rings is 1. The van der Waals surface area contributed by atoms with Crippen LogP contribution in [0.1, 0.15) is 31.4 Å². The lowest BCUT2D eigenvalue weighted by Gasteiger charge is -2.55. The second-order valence-corrected chi connectivity index (χ2v) is 10.2. The van der Waals surface area contributed by atoms with E-state index in [9.17, 15) is 14.4 Å². The zero-order valence-corrected chi connectivity index (χ0v) is 22.8. The summed E-state index contributed by atoms with van der Waals surface area (Å²) in [5.74, 6) is 1.69. The third kappa shape index (κ3) is 5.18. The number of benzene rings is 2. The molecule has 208 valence electrons. The van der Waals surface area contributed by atoms with Gasteiger partial charge < -0.3 is 29.3 Å². The Bertz CT molecular complexity index is 1240. The predicted octanol–water partition coefficient (Wildman–Crippen LogP) is 2.41. The summed E-state index contributed by atoms with van der Waals surface area (Å²) in [6.07, 6.45) is 0.0717. The zero-order chi connectivity index (χ0) is 27.7. The fraction of sp³-hybridized carbons (Fsp3) is 0.464. The van der Waals surface area contributed by atoms with Crippen molar-refractivity contribution < 1.29 is 28.6 Å². The maximum absolute atomic E-state index is 13.8. The molecule has 2 aromatic rings. The van der Waals surface area contributed by atoms with E-state index in [1.807, 2.05) is 56.3 Å². The van der Waals surface area contributed by atoms with Gasteiger partial charge in [-0.25, -0.2) is 14.8 Å². The Morgan fingerprint density at radius 2 is 1.82 bits per heavy atom. The minimum Gasteiger partial charge on any atom is -0.497 e. The molecule has 3 aliphatic rings. The van der Waals surface area contributed by atoms with Gasteiger partial charge in [-0.05, 0) is 41.3 Å². The number of hydrogen-bond acceptors (Lipinski definition) is 7. The number of hydrogen-bond donors (Lipinski definition) is 1. The fourth-order valence-electron chi connectivity index (χ4n) is 5.40. The first-order chi connectivity index (χ1) is 18.8. The monoisotopic (exact) mass is 537 g/mol. The lowest BCUT2D eigenvalue weighted by Crippen LogP contribution is -2.76. The van der Waals surface area contributed by atoms with Crippen LogP contribution in [0.15, 0.2) is 42.5 Å². The molecule has 2 saturated heterocycles. The van der Waals surface area contributed by atoms with Crippen LogP contribution < -0.4 is 19.5 Å². The smallest absolute Gasteiger partial charge is 0.334 e. The van der Waals surface area contributed by atoms with Crippen LogP contribution in [-0.4, -0.2) is 83.9 Å². The summed E-state index contributed by atoms with van der Waals surface area (Å²) >= 11 is 0. The van der Waals surface area contributed by atoms with E-state index in [2.05, 4.69) is 5.32 Å². The number of nitrogens with one attached hydrogen (secondary N) is 1. The highest BCUT2D eigenvalue weighted by molar-refractivity contribution is 5.91. The zero-order valence-electron chi connectivity index (χ0n) is 22.8. The molecule has 0 bridgehead atoms. The molecule has 3 heterocycles. The first-order valence-electron chi connectivity index (χ1n) is 13.2. The van der Waals surface area contributed by atoms with Crippen LogP contribution >= 0.6 is 0 Å². The van der Waals surface area contributed by atoms with E-state index in [4.69, 9.17) is 14.2 Å². The summed E-state index contributed by atoms with van der Waals surface area (Å²) in [7, 11) is 3.33. The Balaban J connectivity index is 1.40. The Labute approximate surface area is 228 Å². The Morgan fingerprint density at radius 1 is 1.10 bits per heavy atom. The van der Waals surface area contributed by atoms with Crippen LogP contribution in [-0.2, 0) is 22.7 Å². The molecule has 0 aromatic heterocycles. The summed E-state index contributed by atoms with van der Waals surface area (Å²) in [6.45, 7) is 4.98. The molecular formula is C28H35N5O6. The summed E-state index contributed by atoms with van der Waals surface area (Å²) in [4.78, 5) is 44.1. The molecule has 2 fully saturated rings. The van der Waals surface area contributed by atoms with Crippen molar-refractivity contribution in [2.24, 2.45) is 5.92 Å². The van der Waals surface area contributed by atoms with E-state index in [0.717, 1.165) is 16.9 Å². The molecular weight excluding hydrogens is 502 g/mol. The summed E-state index contributed by atoms with van der Waals surface area (Å²) < 4.78 is 16.1. The van der Waals surface area contributed by atoms with Gasteiger partial charge in [0.1, 0.15) is 18.0 Å². The van der Waals surface area contributed by atoms with Crippen LogP contribution in [0.4, 0.5) is 4.79 Å². The Morgan fingerprint density at radius 3 is 2.54 bits per heavy atom. The maximum Gasteiger partial charge on any atom is 0.334 e. The summed E-state index contributed by atoms with van der Waals surface area (Å²) in [5.41, 5.74) is 1.80. The number of carbonyl (C=O) groups excluding carboxylic acids is 3. The van der Waals surface area contributed by atoms with Crippen molar-refractivity contribution >= 4 is 17.8 Å². The molecule has 1 N–H and O–H groups in total. The molecule has 0 aliphatic carbocycles. The normalized spacial score (nSPS) is 21.6. The van der Waals surface area contributed by atoms with E-state index < -0.39 is 12.2 Å². The average Bonchev–Trinajstić information content (AvgIpc) is 3.40. The number of fused-ring (bicyclic) bond motifs is 2. The summed E-state index contributed by atoms with van der Waals surface area (Å²) in [6, 6.07) is 12.1. The third-order valence-corrected chi connectivity index (χ3v) is 7.68. The van der Waals surface area contributed by atoms with Crippen LogP contribution in [0.3, 0.4) is 0 Å². The standard InChI is InChI=1S/C28H35N5O6/c1-5-18(2)26-27(35)31(14-20-8-11-22-23(12-20)39-17-38-22)15-24-32(26)25(34)16-30(3)33(24)28(36)29-13-19-6-9-21(37-4)10-7-19/h6-12,18,24,26H,5,13-17H2,1-4H3,(H,29,36)/t18?,24-,26-/m0/s1. The SMILES string of the molecule is CCC(C)[C@H]1C(=O)N(Cc2ccc3c(c2)OCO3)C[C@H]2N1C(=O)CN(C)N2C(=O)NCc1ccc(OC)cc1. The van der Waals surface area contributed by atoms with Crippen molar-refractivity contribution in [3.63, 3.8) is 0 Å². The van der Waals surface area contributed by atoms with E-state index in [0.29, 0.717) is 31.0 Å². The minimum atomic E-state index is -0.666. The van der Waals surface area contributed by atoms with E-state index in [1.165, 1.54) is 0 Å². The van der Waals surface area contributed by atoms with Crippen molar-refractivity contribution in [3.8, 4) is 17.2 Å². The molecule has 2 aromatic carbocycles. The molecule has 0 saturated carbocycles. The number of likely N-dealkylation sites (N-methyl/N-ethyl adjacent to an activating group) is 1. The molecule has 4 amide bonds. The third-order valence-electron chi connectivity index (χ3n) is 7.68. The van der Waals surface area contributed by atoms with Crippen molar-refractivity contribution in [3.05, 3.63) is 53.6 Å². The van der Waals surface area contributed by atoms with Gasteiger partial charge in [-0.1, -0.05) is 38.5 Å². The van der Waals surface area contributed by atoms with Gasteiger partial charge in [-0.3, -0.25) is 9.59 Å². The topological polar surface area (TPSA) is 104 Å². The van der Waals surface area contributed by atoms with Crippen LogP contribution in [0.5, 0.6) is 17.2 Å². The predicted molar refractivity (Wildman–Crippen MR) is 142 cm³/mol. The molecule has 5 rings (SSSR count). The lowest BCUT2D eigenvalue weighted by atomic mass is 9.92. The number of methoxy groups -OCH3 is 1. The van der Waals surface area contributed by atoms with Gasteiger partial charge in [0, 0.05) is 20.1 Å². The van der Waals surface area contributed by atoms with Crippen molar-refractivity contribution in [1.29, 1.82) is 0 Å². The van der Waals surface area contributed by atoms with E-state index >= 15 is 0 Å². The number of nitrogens with zero attached hydrogens (tertiary/aromatic N) is 4. The molecule has 1 unspecified atom stereocenters. The second kappa shape index (κ2) is 11.0. The highest BCUT2D eigenvalue weighted by atomic mass is 16.7. The van der Waals surface area contributed by atoms with Crippen LogP contribution in [0.2, 0.25) is 0 Å². The lowest BCUT2D eigenvalue weighted by molar-refractivity contribution is -0.190. The quantitative estimate of drug-likeness (QED) is 0.579. The van der Waals surface area contributed by atoms with Crippen LogP contribution in [0.25, 0.3) is 0 Å². The van der Waals surface area contributed by atoms with E-state index in [-0.39, 0.29) is 43.6 Å². The Hall–Kier alpha value is -3.99. The first kappa shape index (κ1) is 26.6. The van der Waals surface area contributed by atoms with Gasteiger partial charge in [-0.15, -0.1) is 0 Å². The fourth-order valence-corrected chi connectivity index (χ4v) is 5.40. The maximum atomic E-state index is 13.8. The summed E-state index contributed by atoms with van der Waals surface area (Å²) in [5, 5.41) is 6.18. The number of urea groups is 1. The highest BCUT2D eigenvalue weighted by Gasteiger charge is 2.51.